The minimum Gasteiger partial charge on any atom is -0.328 e. The molecule has 0 aromatic carbocycles. The van der Waals surface area contributed by atoms with E-state index in [9.17, 15) is 14.4 Å². The number of aromatic nitrogens is 4. The maximum atomic E-state index is 12.7. The van der Waals surface area contributed by atoms with E-state index in [1.54, 1.807) is 29.4 Å². The Bertz CT molecular complexity index is 813. The second-order valence-electron chi connectivity index (χ2n) is 5.93. The van der Waals surface area contributed by atoms with Crippen LogP contribution in [0.5, 0.6) is 0 Å². The summed E-state index contributed by atoms with van der Waals surface area (Å²) < 4.78 is 4.52. The van der Waals surface area contributed by atoms with Crippen LogP contribution in [0.2, 0.25) is 0 Å². The molecular formula is C16H24N4O3. The molecule has 0 radical (unpaired) electrons. The van der Waals surface area contributed by atoms with Crippen molar-refractivity contribution in [3.8, 4) is 0 Å². The smallest absolute Gasteiger partial charge is 0.328 e. The molecule has 126 valence electrons. The second-order valence-corrected chi connectivity index (χ2v) is 5.93. The molecule has 0 aliphatic heterocycles. The third kappa shape index (κ3) is 3.60. The van der Waals surface area contributed by atoms with Gasteiger partial charge in [-0.25, -0.2) is 9.78 Å². The van der Waals surface area contributed by atoms with E-state index < -0.39 is 0 Å². The lowest BCUT2D eigenvalue weighted by Gasteiger charge is -2.11. The molecule has 7 heteroatoms. The first-order chi connectivity index (χ1) is 11.0. The van der Waals surface area contributed by atoms with Crippen LogP contribution in [0.1, 0.15) is 46.0 Å². The van der Waals surface area contributed by atoms with Gasteiger partial charge in [-0.2, -0.15) is 0 Å². The molecule has 2 aromatic heterocycles. The van der Waals surface area contributed by atoms with Gasteiger partial charge in [-0.05, 0) is 26.2 Å². The maximum absolute atomic E-state index is 12.7. The molecule has 0 aliphatic carbocycles. The Labute approximate surface area is 134 Å². The topological polar surface area (TPSA) is 78.9 Å². The first-order valence-corrected chi connectivity index (χ1v) is 8.11. The van der Waals surface area contributed by atoms with E-state index in [0.29, 0.717) is 43.5 Å². The average molecular weight is 320 g/mol. The van der Waals surface area contributed by atoms with Gasteiger partial charge in [0.1, 0.15) is 5.78 Å². The molecule has 2 heterocycles. The van der Waals surface area contributed by atoms with Crippen molar-refractivity contribution in [2.45, 2.75) is 59.0 Å². The molecule has 0 N–H and O–H groups in total. The third-order valence-electron chi connectivity index (χ3n) is 3.98. The first-order valence-electron chi connectivity index (χ1n) is 8.11. The van der Waals surface area contributed by atoms with Gasteiger partial charge in [-0.3, -0.25) is 13.9 Å². The van der Waals surface area contributed by atoms with Crippen LogP contribution in [0, 0.1) is 0 Å². The third-order valence-corrected chi connectivity index (χ3v) is 3.98. The molecule has 0 atom stereocenters. The van der Waals surface area contributed by atoms with Gasteiger partial charge >= 0.3 is 5.69 Å². The number of nitrogens with zero attached hydrogens (tertiary/aromatic N) is 4. The van der Waals surface area contributed by atoms with Crippen LogP contribution < -0.4 is 11.2 Å². The van der Waals surface area contributed by atoms with Crippen LogP contribution in [-0.4, -0.2) is 24.5 Å². The molecule has 0 bridgehead atoms. The molecule has 0 spiro atoms. The van der Waals surface area contributed by atoms with E-state index in [1.807, 2.05) is 0 Å². The molecule has 0 saturated heterocycles. The summed E-state index contributed by atoms with van der Waals surface area (Å²) >= 11 is 0. The highest BCUT2D eigenvalue weighted by atomic mass is 16.2. The highest BCUT2D eigenvalue weighted by Crippen LogP contribution is 2.07. The zero-order chi connectivity index (χ0) is 17.0. The molecule has 23 heavy (non-hydrogen) atoms. The van der Waals surface area contributed by atoms with Crippen molar-refractivity contribution in [3.05, 3.63) is 27.2 Å². The Morgan fingerprint density at radius 2 is 1.83 bits per heavy atom. The van der Waals surface area contributed by atoms with Gasteiger partial charge in [-0.1, -0.05) is 13.3 Å². The second kappa shape index (κ2) is 7.39. The quantitative estimate of drug-likeness (QED) is 0.690. The van der Waals surface area contributed by atoms with Crippen molar-refractivity contribution in [2.75, 3.05) is 0 Å². The summed E-state index contributed by atoms with van der Waals surface area (Å²) in [7, 11) is 1.76. The van der Waals surface area contributed by atoms with Crippen LogP contribution in [0.25, 0.3) is 11.2 Å². The summed E-state index contributed by atoms with van der Waals surface area (Å²) in [4.78, 5) is 40.5. The Kier molecular flexibility index (Phi) is 5.52. The van der Waals surface area contributed by atoms with Gasteiger partial charge in [-0.15, -0.1) is 0 Å². The van der Waals surface area contributed by atoms with Crippen LogP contribution in [0.15, 0.2) is 15.9 Å². The first kappa shape index (κ1) is 17.2. The van der Waals surface area contributed by atoms with Crippen LogP contribution in [-0.2, 0) is 24.9 Å². The summed E-state index contributed by atoms with van der Waals surface area (Å²) in [5, 5.41) is 0. The van der Waals surface area contributed by atoms with Gasteiger partial charge in [0.2, 0.25) is 0 Å². The number of unbranched alkanes of at least 4 members (excludes halogenated alkanes) is 2. The van der Waals surface area contributed by atoms with E-state index in [4.69, 9.17) is 0 Å². The number of hydrogen-bond acceptors (Lipinski definition) is 4. The number of hydrogen-bond donors (Lipinski definition) is 0. The molecule has 0 unspecified atom stereocenters. The highest BCUT2D eigenvalue weighted by Gasteiger charge is 2.16. The predicted octanol–water partition coefficient (Wildman–Crippen LogP) is 1.46. The fourth-order valence-electron chi connectivity index (χ4n) is 2.67. The molecule has 0 aliphatic rings. The number of aryl methyl sites for hydroxylation is 2. The number of carbonyl (C=O) groups excluding carboxylic acids is 1. The average Bonchev–Trinajstić information content (AvgIpc) is 2.88. The lowest BCUT2D eigenvalue weighted by molar-refractivity contribution is -0.117. The van der Waals surface area contributed by atoms with E-state index in [0.717, 1.165) is 12.8 Å². The molecule has 2 aromatic rings. The van der Waals surface area contributed by atoms with E-state index >= 15 is 0 Å². The summed E-state index contributed by atoms with van der Waals surface area (Å²) in [6.07, 6.45) is 5.17. The van der Waals surface area contributed by atoms with Crippen molar-refractivity contribution >= 4 is 16.9 Å². The molecule has 2 rings (SSSR count). The van der Waals surface area contributed by atoms with Gasteiger partial charge in [0.25, 0.3) is 5.56 Å². The normalized spacial score (nSPS) is 11.3. The SMILES string of the molecule is CCCCn1c(=O)n(CCCCC(C)=O)c(=O)c2c1ncn2C. The molecule has 0 fully saturated rings. The Morgan fingerprint density at radius 3 is 2.48 bits per heavy atom. The number of ketones is 1. The fourth-order valence-corrected chi connectivity index (χ4v) is 2.67. The maximum Gasteiger partial charge on any atom is 0.332 e. The zero-order valence-electron chi connectivity index (χ0n) is 14.0. The largest absolute Gasteiger partial charge is 0.332 e. The number of Topliss-reactive ketones (excluding diaryl/α,β-unsaturated/α-hetero) is 1. The monoisotopic (exact) mass is 320 g/mol. The molecular weight excluding hydrogens is 296 g/mol. The van der Waals surface area contributed by atoms with Crippen LogP contribution in [0.3, 0.4) is 0 Å². The standard InChI is InChI=1S/C16H24N4O3/c1-4-5-9-19-14-13(18(3)11-17-14)15(22)20(16(19)23)10-7-6-8-12(2)21/h11H,4-10H2,1-3H3. The highest BCUT2D eigenvalue weighted by molar-refractivity contribution is 5.75. The minimum atomic E-state index is -0.308. The number of carbonyl (C=O) groups is 1. The van der Waals surface area contributed by atoms with E-state index in [2.05, 4.69) is 11.9 Å². The van der Waals surface area contributed by atoms with Crippen LogP contribution in [0.4, 0.5) is 0 Å². The van der Waals surface area contributed by atoms with Gasteiger partial charge in [0.05, 0.1) is 6.33 Å². The Morgan fingerprint density at radius 1 is 1.13 bits per heavy atom. The van der Waals surface area contributed by atoms with Gasteiger partial charge in [0.15, 0.2) is 11.2 Å². The predicted molar refractivity (Wildman–Crippen MR) is 88.7 cm³/mol. The Hall–Kier alpha value is -2.18. The number of imidazole rings is 1. The fraction of sp³-hybridized carbons (Fsp3) is 0.625. The van der Waals surface area contributed by atoms with Crippen molar-refractivity contribution in [2.24, 2.45) is 7.05 Å². The number of rotatable bonds is 8. The lowest BCUT2D eigenvalue weighted by atomic mass is 10.2. The van der Waals surface area contributed by atoms with Gasteiger partial charge in [0, 0.05) is 26.6 Å². The molecule has 7 nitrogen and oxygen atoms in total. The minimum absolute atomic E-state index is 0.125. The van der Waals surface area contributed by atoms with Crippen molar-refractivity contribution in [1.82, 2.24) is 18.7 Å². The van der Waals surface area contributed by atoms with Gasteiger partial charge < -0.3 is 9.36 Å². The summed E-state index contributed by atoms with van der Waals surface area (Å²) in [6, 6.07) is 0. The Balaban J connectivity index is 2.42. The van der Waals surface area contributed by atoms with Crippen molar-refractivity contribution in [3.63, 3.8) is 0 Å². The van der Waals surface area contributed by atoms with Crippen molar-refractivity contribution in [1.29, 1.82) is 0 Å². The number of fused-ring (bicyclic) bond motifs is 1. The van der Waals surface area contributed by atoms with E-state index in [-0.39, 0.29) is 17.0 Å². The lowest BCUT2D eigenvalue weighted by Crippen LogP contribution is -2.40. The van der Waals surface area contributed by atoms with E-state index in [1.165, 1.54) is 4.57 Å². The van der Waals surface area contributed by atoms with Crippen LogP contribution >= 0.6 is 0 Å². The summed E-state index contributed by atoms with van der Waals surface area (Å²) in [5.41, 5.74) is 0.293. The molecule has 0 saturated carbocycles. The summed E-state index contributed by atoms with van der Waals surface area (Å²) in [5.74, 6) is 0.125. The molecule has 0 amide bonds. The zero-order valence-corrected chi connectivity index (χ0v) is 14.0. The van der Waals surface area contributed by atoms with Crippen molar-refractivity contribution < 1.29 is 4.79 Å². The summed E-state index contributed by atoms with van der Waals surface area (Å²) in [6.45, 7) is 4.48.